The van der Waals surface area contributed by atoms with Crippen molar-refractivity contribution in [1.29, 1.82) is 0 Å². The van der Waals surface area contributed by atoms with E-state index in [-0.39, 0.29) is 11.9 Å². The number of carbonyl (C=O) groups excluding carboxylic acids is 1. The number of para-hydroxylation sites is 1. The Morgan fingerprint density at radius 2 is 1.36 bits per heavy atom. The first-order chi connectivity index (χ1) is 12.2. The summed E-state index contributed by atoms with van der Waals surface area (Å²) in [5, 5.41) is 5.02. The highest BCUT2D eigenvalue weighted by Crippen LogP contribution is 2.21. The molecule has 3 nitrogen and oxygen atoms in total. The monoisotopic (exact) mass is 395 g/mol. The highest BCUT2D eigenvalue weighted by molar-refractivity contribution is 9.10. The minimum Gasteiger partial charge on any atom is -0.328 e. The van der Waals surface area contributed by atoms with Gasteiger partial charge in [-0.05, 0) is 28.1 Å². The summed E-state index contributed by atoms with van der Waals surface area (Å²) in [7, 11) is 0. The SMILES string of the molecule is O=C(C[NH2+]C(c1ccccc1)c1ccccc1)Nc1ccccc1Br. The van der Waals surface area contributed by atoms with Gasteiger partial charge in [0.2, 0.25) is 0 Å². The lowest BCUT2D eigenvalue weighted by molar-refractivity contribution is -0.676. The Balaban J connectivity index is 1.71. The molecule has 3 aromatic carbocycles. The van der Waals surface area contributed by atoms with Gasteiger partial charge in [-0.3, -0.25) is 4.79 Å². The molecule has 1 amide bonds. The molecule has 126 valence electrons. The topological polar surface area (TPSA) is 45.7 Å². The largest absolute Gasteiger partial charge is 0.328 e. The maximum atomic E-state index is 12.4. The summed E-state index contributed by atoms with van der Waals surface area (Å²) in [5.74, 6) is -0.0243. The van der Waals surface area contributed by atoms with E-state index in [2.05, 4.69) is 50.8 Å². The Bertz CT molecular complexity index is 782. The van der Waals surface area contributed by atoms with E-state index in [4.69, 9.17) is 0 Å². The molecule has 0 aromatic heterocycles. The summed E-state index contributed by atoms with van der Waals surface area (Å²) in [4.78, 5) is 12.4. The lowest BCUT2D eigenvalue weighted by Crippen LogP contribution is -2.87. The van der Waals surface area contributed by atoms with Crippen LogP contribution >= 0.6 is 15.9 Å². The van der Waals surface area contributed by atoms with Crippen molar-refractivity contribution in [2.24, 2.45) is 0 Å². The molecule has 0 unspecified atom stereocenters. The first kappa shape index (κ1) is 17.4. The number of carbonyl (C=O) groups is 1. The van der Waals surface area contributed by atoms with Crippen molar-refractivity contribution in [2.75, 3.05) is 11.9 Å². The maximum absolute atomic E-state index is 12.4. The van der Waals surface area contributed by atoms with Gasteiger partial charge in [-0.25, -0.2) is 0 Å². The van der Waals surface area contributed by atoms with Gasteiger partial charge >= 0.3 is 0 Å². The minimum absolute atomic E-state index is 0.0243. The molecule has 0 heterocycles. The Labute approximate surface area is 156 Å². The van der Waals surface area contributed by atoms with Gasteiger partial charge in [0.1, 0.15) is 6.04 Å². The smallest absolute Gasteiger partial charge is 0.279 e. The highest BCUT2D eigenvalue weighted by Gasteiger charge is 2.18. The second-order valence-electron chi connectivity index (χ2n) is 5.77. The van der Waals surface area contributed by atoms with Crippen molar-refractivity contribution in [3.63, 3.8) is 0 Å². The highest BCUT2D eigenvalue weighted by atomic mass is 79.9. The van der Waals surface area contributed by atoms with Gasteiger partial charge in [-0.1, -0.05) is 72.8 Å². The Hall–Kier alpha value is -2.43. The quantitative estimate of drug-likeness (QED) is 0.655. The normalized spacial score (nSPS) is 10.6. The summed E-state index contributed by atoms with van der Waals surface area (Å²) in [6.45, 7) is 0.343. The van der Waals surface area contributed by atoms with Gasteiger partial charge < -0.3 is 10.6 Å². The molecule has 0 fully saturated rings. The van der Waals surface area contributed by atoms with Gasteiger partial charge in [0.25, 0.3) is 5.91 Å². The summed E-state index contributed by atoms with van der Waals surface area (Å²) in [5.41, 5.74) is 3.15. The van der Waals surface area contributed by atoms with Gasteiger partial charge in [0.05, 0.1) is 5.69 Å². The molecule has 3 rings (SSSR count). The molecular weight excluding hydrogens is 376 g/mol. The fourth-order valence-corrected chi connectivity index (χ4v) is 3.16. The number of rotatable bonds is 6. The van der Waals surface area contributed by atoms with E-state index in [0.29, 0.717) is 6.54 Å². The maximum Gasteiger partial charge on any atom is 0.279 e. The number of nitrogens with one attached hydrogen (secondary N) is 1. The van der Waals surface area contributed by atoms with Crippen LogP contribution in [-0.4, -0.2) is 12.5 Å². The van der Waals surface area contributed by atoms with Crippen molar-refractivity contribution in [3.05, 3.63) is 101 Å². The van der Waals surface area contributed by atoms with Gasteiger partial charge in [0, 0.05) is 15.6 Å². The number of nitrogens with two attached hydrogens (primary N) is 1. The molecule has 0 atom stereocenters. The van der Waals surface area contributed by atoms with Gasteiger partial charge in [-0.15, -0.1) is 0 Å². The molecule has 0 aliphatic rings. The van der Waals surface area contributed by atoms with E-state index in [1.54, 1.807) is 0 Å². The zero-order chi connectivity index (χ0) is 17.5. The van der Waals surface area contributed by atoms with Crippen LogP contribution in [0.1, 0.15) is 17.2 Å². The lowest BCUT2D eigenvalue weighted by Gasteiger charge is -2.16. The fourth-order valence-electron chi connectivity index (χ4n) is 2.77. The third-order valence-electron chi connectivity index (χ3n) is 4.00. The number of hydrogen-bond donors (Lipinski definition) is 2. The Morgan fingerprint density at radius 1 is 0.840 bits per heavy atom. The van der Waals surface area contributed by atoms with Crippen molar-refractivity contribution >= 4 is 27.5 Å². The molecule has 3 aromatic rings. The summed E-state index contributed by atoms with van der Waals surface area (Å²) in [6, 6.07) is 28.2. The van der Waals surface area contributed by atoms with Crippen LogP contribution in [0.3, 0.4) is 0 Å². The molecule has 0 spiro atoms. The first-order valence-electron chi connectivity index (χ1n) is 8.21. The van der Waals surface area contributed by atoms with Crippen molar-refractivity contribution < 1.29 is 10.1 Å². The second-order valence-corrected chi connectivity index (χ2v) is 6.62. The van der Waals surface area contributed by atoms with Gasteiger partial charge in [-0.2, -0.15) is 0 Å². The molecule has 4 heteroatoms. The van der Waals surface area contributed by atoms with E-state index < -0.39 is 0 Å². The predicted octanol–water partition coefficient (Wildman–Crippen LogP) is 3.74. The van der Waals surface area contributed by atoms with E-state index >= 15 is 0 Å². The standard InChI is InChI=1S/C21H19BrN2O/c22-18-13-7-8-14-19(18)24-20(25)15-23-21(16-9-3-1-4-10-16)17-11-5-2-6-12-17/h1-14,21,23H,15H2,(H,24,25)/p+1. The number of anilines is 1. The van der Waals surface area contributed by atoms with Crippen LogP contribution in [0.5, 0.6) is 0 Å². The fraction of sp³-hybridized carbons (Fsp3) is 0.0952. The lowest BCUT2D eigenvalue weighted by atomic mass is 9.99. The minimum atomic E-state index is -0.0243. The summed E-state index contributed by atoms with van der Waals surface area (Å²) in [6.07, 6.45) is 0. The van der Waals surface area contributed by atoms with Crippen LogP contribution in [-0.2, 0) is 4.79 Å². The van der Waals surface area contributed by atoms with Crippen LogP contribution in [0, 0.1) is 0 Å². The van der Waals surface area contributed by atoms with Crippen LogP contribution in [0.15, 0.2) is 89.4 Å². The Morgan fingerprint density at radius 3 is 1.92 bits per heavy atom. The third-order valence-corrected chi connectivity index (χ3v) is 4.70. The Kier molecular flexibility index (Phi) is 5.99. The summed E-state index contributed by atoms with van der Waals surface area (Å²) < 4.78 is 0.881. The number of quaternary nitrogens is 1. The molecule has 0 radical (unpaired) electrons. The van der Waals surface area contributed by atoms with Crippen molar-refractivity contribution in [1.82, 2.24) is 0 Å². The van der Waals surface area contributed by atoms with E-state index in [1.165, 1.54) is 11.1 Å². The molecule has 0 saturated carbocycles. The van der Waals surface area contributed by atoms with E-state index in [1.807, 2.05) is 60.7 Å². The number of benzene rings is 3. The second kappa shape index (κ2) is 8.60. The molecular formula is C21H20BrN2O+. The predicted molar refractivity (Wildman–Crippen MR) is 104 cm³/mol. The number of halogens is 1. The average molecular weight is 396 g/mol. The van der Waals surface area contributed by atoms with E-state index in [9.17, 15) is 4.79 Å². The molecule has 3 N–H and O–H groups in total. The van der Waals surface area contributed by atoms with Gasteiger partial charge in [0.15, 0.2) is 6.54 Å². The third kappa shape index (κ3) is 4.78. The zero-order valence-corrected chi connectivity index (χ0v) is 15.3. The van der Waals surface area contributed by atoms with Crippen LogP contribution in [0.4, 0.5) is 5.69 Å². The van der Waals surface area contributed by atoms with Crippen LogP contribution in [0.25, 0.3) is 0 Å². The molecule has 0 saturated heterocycles. The number of amides is 1. The molecule has 0 aliphatic carbocycles. The van der Waals surface area contributed by atoms with Crippen LogP contribution < -0.4 is 10.6 Å². The number of hydrogen-bond acceptors (Lipinski definition) is 1. The van der Waals surface area contributed by atoms with Crippen molar-refractivity contribution in [2.45, 2.75) is 6.04 Å². The molecule has 0 aliphatic heterocycles. The first-order valence-corrected chi connectivity index (χ1v) is 9.01. The zero-order valence-electron chi connectivity index (χ0n) is 13.7. The average Bonchev–Trinajstić information content (AvgIpc) is 2.66. The summed E-state index contributed by atoms with van der Waals surface area (Å²) >= 11 is 3.45. The van der Waals surface area contributed by atoms with Crippen molar-refractivity contribution in [3.8, 4) is 0 Å². The molecule has 0 bridgehead atoms. The molecule has 25 heavy (non-hydrogen) atoms. The van der Waals surface area contributed by atoms with E-state index in [0.717, 1.165) is 10.2 Å². The van der Waals surface area contributed by atoms with Crippen LogP contribution in [0.2, 0.25) is 0 Å².